The molecule has 4 nitrogen and oxygen atoms in total. The molecule has 0 spiro atoms. The van der Waals surface area contributed by atoms with Crippen LogP contribution in [0, 0.1) is 0 Å². The van der Waals surface area contributed by atoms with Crippen LogP contribution in [0.15, 0.2) is 35.7 Å². The molecule has 1 aromatic carbocycles. The Labute approximate surface area is 135 Å². The van der Waals surface area contributed by atoms with Crippen LogP contribution in [0.5, 0.6) is 0 Å². The Bertz CT molecular complexity index is 648. The molecule has 2 N–H and O–H groups in total. The van der Waals surface area contributed by atoms with E-state index in [4.69, 9.17) is 0 Å². The molecule has 1 aliphatic rings. The number of rotatable bonds is 3. The lowest BCUT2D eigenvalue weighted by Gasteiger charge is -2.29. The van der Waals surface area contributed by atoms with E-state index in [1.807, 2.05) is 37.3 Å². The van der Waals surface area contributed by atoms with Crippen molar-refractivity contribution in [1.82, 2.24) is 5.32 Å². The Hall–Kier alpha value is -2.01. The normalized spacial score (nSPS) is 13.9. The predicted molar refractivity (Wildman–Crippen MR) is 92.8 cm³/mol. The molecule has 2 heterocycles. The Balaban J connectivity index is 1.64. The molecule has 0 bridgehead atoms. The van der Waals surface area contributed by atoms with E-state index >= 15 is 0 Å². The second-order valence-electron chi connectivity index (χ2n) is 5.84. The van der Waals surface area contributed by atoms with Gasteiger partial charge >= 0.3 is 6.03 Å². The monoisotopic (exact) mass is 315 g/mol. The van der Waals surface area contributed by atoms with Crippen LogP contribution in [-0.4, -0.2) is 18.6 Å². The van der Waals surface area contributed by atoms with Gasteiger partial charge in [-0.15, -0.1) is 11.3 Å². The van der Waals surface area contributed by atoms with Crippen molar-refractivity contribution in [2.45, 2.75) is 32.9 Å². The second kappa shape index (κ2) is 6.40. The first kappa shape index (κ1) is 14.9. The van der Waals surface area contributed by atoms with Crippen molar-refractivity contribution in [2.75, 3.05) is 16.8 Å². The summed E-state index contributed by atoms with van der Waals surface area (Å²) in [5.74, 6) is 0. The highest BCUT2D eigenvalue weighted by molar-refractivity contribution is 7.10. The molecule has 0 atom stereocenters. The van der Waals surface area contributed by atoms with E-state index in [0.717, 1.165) is 25.2 Å². The molecule has 0 saturated carbocycles. The fourth-order valence-corrected chi connectivity index (χ4v) is 3.54. The predicted octanol–water partition coefficient (Wildman–Crippen LogP) is 3.84. The van der Waals surface area contributed by atoms with E-state index in [2.05, 4.69) is 39.1 Å². The molecule has 2 aromatic rings. The first-order chi connectivity index (χ1) is 10.6. The minimum atomic E-state index is -0.163. The molecule has 2 amide bonds. The van der Waals surface area contributed by atoms with Crippen LogP contribution < -0.4 is 15.5 Å². The molecule has 3 rings (SSSR count). The first-order valence-electron chi connectivity index (χ1n) is 7.59. The van der Waals surface area contributed by atoms with Crippen molar-refractivity contribution < 1.29 is 4.79 Å². The van der Waals surface area contributed by atoms with E-state index < -0.39 is 0 Å². The lowest BCUT2D eigenvalue weighted by molar-refractivity contribution is 0.250. The molecule has 22 heavy (non-hydrogen) atoms. The lowest BCUT2D eigenvalue weighted by atomic mass is 10.1. The second-order valence-corrected chi connectivity index (χ2v) is 6.84. The topological polar surface area (TPSA) is 44.4 Å². The summed E-state index contributed by atoms with van der Waals surface area (Å²) < 4.78 is 0. The minimum absolute atomic E-state index is 0.132. The zero-order valence-corrected chi connectivity index (χ0v) is 13.7. The van der Waals surface area contributed by atoms with Gasteiger partial charge in [-0.2, -0.15) is 0 Å². The summed E-state index contributed by atoms with van der Waals surface area (Å²) in [6, 6.07) is 10.2. The average Bonchev–Trinajstić information content (AvgIpc) is 2.94. The van der Waals surface area contributed by atoms with Crippen molar-refractivity contribution in [3.05, 3.63) is 46.2 Å². The van der Waals surface area contributed by atoms with E-state index in [1.165, 1.54) is 16.1 Å². The molecular formula is C17H21N3OS. The van der Waals surface area contributed by atoms with Crippen molar-refractivity contribution in [3.8, 4) is 0 Å². The van der Waals surface area contributed by atoms with Crippen LogP contribution in [0.25, 0.3) is 0 Å². The number of nitrogens with zero attached hydrogens (tertiary/aromatic N) is 1. The summed E-state index contributed by atoms with van der Waals surface area (Å²) in [6.07, 6.45) is 1.11. The highest BCUT2D eigenvalue weighted by Crippen LogP contribution is 2.28. The van der Waals surface area contributed by atoms with Crippen LogP contribution in [0.3, 0.4) is 0 Å². The summed E-state index contributed by atoms with van der Waals surface area (Å²) in [7, 11) is 0. The Morgan fingerprint density at radius 2 is 2.00 bits per heavy atom. The van der Waals surface area contributed by atoms with Crippen LogP contribution in [0.2, 0.25) is 0 Å². The SMILES string of the molecule is CC(C)NC(=O)Nc1ccc(N2CCc3sccc3C2)cc1. The van der Waals surface area contributed by atoms with Gasteiger partial charge in [0.2, 0.25) is 0 Å². The molecular weight excluding hydrogens is 294 g/mol. The van der Waals surface area contributed by atoms with E-state index in [0.29, 0.717) is 0 Å². The van der Waals surface area contributed by atoms with Crippen molar-refractivity contribution in [3.63, 3.8) is 0 Å². The number of hydrogen-bond donors (Lipinski definition) is 2. The Kier molecular flexibility index (Phi) is 4.34. The third-order valence-electron chi connectivity index (χ3n) is 3.72. The smallest absolute Gasteiger partial charge is 0.319 e. The van der Waals surface area contributed by atoms with Gasteiger partial charge in [0.1, 0.15) is 0 Å². The summed E-state index contributed by atoms with van der Waals surface area (Å²) in [5.41, 5.74) is 3.46. The molecule has 0 aliphatic carbocycles. The van der Waals surface area contributed by atoms with Gasteiger partial charge in [-0.3, -0.25) is 0 Å². The number of amides is 2. The highest BCUT2D eigenvalue weighted by atomic mass is 32.1. The number of carbonyl (C=O) groups is 1. The maximum Gasteiger partial charge on any atom is 0.319 e. The zero-order valence-electron chi connectivity index (χ0n) is 12.9. The van der Waals surface area contributed by atoms with Gasteiger partial charge in [0.25, 0.3) is 0 Å². The minimum Gasteiger partial charge on any atom is -0.367 e. The van der Waals surface area contributed by atoms with Crippen molar-refractivity contribution in [2.24, 2.45) is 0 Å². The van der Waals surface area contributed by atoms with E-state index in [9.17, 15) is 4.79 Å². The number of benzene rings is 1. The van der Waals surface area contributed by atoms with Gasteiger partial charge < -0.3 is 15.5 Å². The standard InChI is InChI=1S/C17H21N3OS/c1-12(2)18-17(21)19-14-3-5-15(6-4-14)20-9-7-16-13(11-20)8-10-22-16/h3-6,8,10,12H,7,9,11H2,1-2H3,(H2,18,19,21). The van der Waals surface area contributed by atoms with Crippen molar-refractivity contribution >= 4 is 28.7 Å². The number of urea groups is 1. The third kappa shape index (κ3) is 3.42. The number of fused-ring (bicyclic) bond motifs is 1. The van der Waals surface area contributed by atoms with Gasteiger partial charge in [0.15, 0.2) is 0 Å². The molecule has 1 aliphatic heterocycles. The number of hydrogen-bond acceptors (Lipinski definition) is 3. The molecule has 1 aromatic heterocycles. The fraction of sp³-hybridized carbons (Fsp3) is 0.353. The maximum atomic E-state index is 11.7. The number of anilines is 2. The summed E-state index contributed by atoms with van der Waals surface area (Å²) in [6.45, 7) is 5.91. The van der Waals surface area contributed by atoms with E-state index in [-0.39, 0.29) is 12.1 Å². The summed E-state index contributed by atoms with van der Waals surface area (Å²) in [4.78, 5) is 15.6. The van der Waals surface area contributed by atoms with E-state index in [1.54, 1.807) is 0 Å². The van der Waals surface area contributed by atoms with Crippen LogP contribution >= 0.6 is 11.3 Å². The maximum absolute atomic E-state index is 11.7. The molecule has 5 heteroatoms. The Morgan fingerprint density at radius 3 is 2.73 bits per heavy atom. The van der Waals surface area contributed by atoms with Gasteiger partial charge in [-0.1, -0.05) is 0 Å². The van der Waals surface area contributed by atoms with Gasteiger partial charge in [-0.25, -0.2) is 4.79 Å². The highest BCUT2D eigenvalue weighted by Gasteiger charge is 2.17. The number of nitrogens with one attached hydrogen (secondary N) is 2. The van der Waals surface area contributed by atoms with Crippen LogP contribution in [0.4, 0.5) is 16.2 Å². The lowest BCUT2D eigenvalue weighted by Crippen LogP contribution is -2.34. The number of carbonyl (C=O) groups excluding carboxylic acids is 1. The molecule has 0 unspecified atom stereocenters. The number of thiophene rings is 1. The average molecular weight is 315 g/mol. The van der Waals surface area contributed by atoms with Gasteiger partial charge in [-0.05, 0) is 61.5 Å². The Morgan fingerprint density at radius 1 is 1.23 bits per heavy atom. The quantitative estimate of drug-likeness (QED) is 0.904. The zero-order chi connectivity index (χ0) is 15.5. The molecule has 116 valence electrons. The third-order valence-corrected chi connectivity index (χ3v) is 4.74. The molecule has 0 fully saturated rings. The van der Waals surface area contributed by atoms with Crippen molar-refractivity contribution in [1.29, 1.82) is 0 Å². The fourth-order valence-electron chi connectivity index (χ4n) is 2.65. The summed E-state index contributed by atoms with van der Waals surface area (Å²) >= 11 is 1.86. The van der Waals surface area contributed by atoms with Gasteiger partial charge in [0, 0.05) is 35.4 Å². The molecule has 0 radical (unpaired) electrons. The first-order valence-corrected chi connectivity index (χ1v) is 8.47. The summed E-state index contributed by atoms with van der Waals surface area (Å²) in [5, 5.41) is 7.84. The molecule has 0 saturated heterocycles. The van der Waals surface area contributed by atoms with Crippen LogP contribution in [-0.2, 0) is 13.0 Å². The van der Waals surface area contributed by atoms with Gasteiger partial charge in [0.05, 0.1) is 0 Å². The largest absolute Gasteiger partial charge is 0.367 e. The van der Waals surface area contributed by atoms with Crippen LogP contribution in [0.1, 0.15) is 24.3 Å².